The molecule has 1 aromatic heterocycles. The van der Waals surface area contributed by atoms with Gasteiger partial charge >= 0.3 is 0 Å². The van der Waals surface area contributed by atoms with E-state index in [0.717, 1.165) is 12.2 Å². The molecule has 0 fully saturated rings. The van der Waals surface area contributed by atoms with Crippen molar-refractivity contribution in [2.24, 2.45) is 0 Å². The second kappa shape index (κ2) is 7.50. The molecule has 0 radical (unpaired) electrons. The highest BCUT2D eigenvalue weighted by Crippen LogP contribution is 2.14. The van der Waals surface area contributed by atoms with Gasteiger partial charge in [0.1, 0.15) is 5.38 Å². The first-order valence-corrected chi connectivity index (χ1v) is 8.05. The topological polar surface area (TPSA) is 25.2 Å². The third-order valence-corrected chi connectivity index (χ3v) is 3.89. The molecule has 1 aromatic carbocycles. The number of rotatable bonds is 6. The Morgan fingerprint density at radius 2 is 1.82 bits per heavy atom. The molecule has 3 nitrogen and oxygen atoms in total. The Balaban J connectivity index is 2.16. The van der Waals surface area contributed by atoms with Crippen molar-refractivity contribution in [3.05, 3.63) is 59.9 Å². The van der Waals surface area contributed by atoms with E-state index in [0.29, 0.717) is 6.54 Å². The van der Waals surface area contributed by atoms with Crippen LogP contribution in [0.5, 0.6) is 0 Å². The van der Waals surface area contributed by atoms with Crippen LogP contribution in [0.1, 0.15) is 32.0 Å². The van der Waals surface area contributed by atoms with Gasteiger partial charge in [-0.3, -0.25) is 4.79 Å². The van der Waals surface area contributed by atoms with Crippen molar-refractivity contribution in [3.8, 4) is 0 Å². The zero-order valence-electron chi connectivity index (χ0n) is 13.4. The van der Waals surface area contributed by atoms with E-state index in [9.17, 15) is 4.79 Å². The van der Waals surface area contributed by atoms with Crippen molar-refractivity contribution in [1.82, 2.24) is 9.47 Å². The average molecular weight is 319 g/mol. The lowest BCUT2D eigenvalue weighted by Crippen LogP contribution is -2.40. The molecule has 0 unspecified atom stereocenters. The Hall–Kier alpha value is -1.74. The number of aromatic nitrogens is 1. The zero-order valence-corrected chi connectivity index (χ0v) is 14.1. The number of carbonyl (C=O) groups excluding carboxylic acids is 1. The molecule has 118 valence electrons. The van der Waals surface area contributed by atoms with Gasteiger partial charge < -0.3 is 9.47 Å². The second-order valence-corrected chi connectivity index (χ2v) is 6.44. The number of alkyl halides is 1. The smallest absolute Gasteiger partial charge is 0.240 e. The van der Waals surface area contributed by atoms with Gasteiger partial charge in [-0.2, -0.15) is 0 Å². The van der Waals surface area contributed by atoms with Crippen LogP contribution in [0.3, 0.4) is 0 Å². The molecular formula is C18H23ClN2O. The van der Waals surface area contributed by atoms with Crippen LogP contribution in [-0.4, -0.2) is 26.8 Å². The molecule has 0 aliphatic heterocycles. The lowest BCUT2D eigenvalue weighted by atomic mass is 10.2. The second-order valence-electron chi connectivity index (χ2n) is 5.79. The summed E-state index contributed by atoms with van der Waals surface area (Å²) in [5.41, 5.74) is 2.36. The number of nitrogens with zero attached hydrogens (tertiary/aromatic N) is 2. The van der Waals surface area contributed by atoms with Gasteiger partial charge in [0.2, 0.25) is 5.91 Å². The Labute approximate surface area is 137 Å². The van der Waals surface area contributed by atoms with Gasteiger partial charge in [0.15, 0.2) is 0 Å². The number of hydrogen-bond acceptors (Lipinski definition) is 1. The molecule has 0 bridgehead atoms. The van der Waals surface area contributed by atoms with E-state index in [1.165, 1.54) is 5.56 Å². The van der Waals surface area contributed by atoms with Crippen molar-refractivity contribution < 1.29 is 4.79 Å². The average Bonchev–Trinajstić information content (AvgIpc) is 2.91. The van der Waals surface area contributed by atoms with Crippen molar-refractivity contribution in [3.63, 3.8) is 0 Å². The van der Waals surface area contributed by atoms with Crippen LogP contribution in [0.2, 0.25) is 0 Å². The fourth-order valence-electron chi connectivity index (χ4n) is 2.45. The maximum atomic E-state index is 12.3. The van der Waals surface area contributed by atoms with E-state index in [1.807, 2.05) is 43.0 Å². The zero-order chi connectivity index (χ0) is 16.1. The first-order valence-electron chi connectivity index (χ1n) is 7.61. The number of amides is 1. The van der Waals surface area contributed by atoms with Gasteiger partial charge in [-0.1, -0.05) is 30.3 Å². The first kappa shape index (κ1) is 16.6. The van der Waals surface area contributed by atoms with Crippen LogP contribution in [0.25, 0.3) is 0 Å². The normalized spacial score (nSPS) is 12.4. The largest absolute Gasteiger partial charge is 0.345 e. The lowest BCUT2D eigenvalue weighted by molar-refractivity contribution is -0.132. The fourth-order valence-corrected chi connectivity index (χ4v) is 2.57. The van der Waals surface area contributed by atoms with Gasteiger partial charge in [-0.05, 0) is 38.5 Å². The summed E-state index contributed by atoms with van der Waals surface area (Å²) >= 11 is 5.98. The molecule has 1 amide bonds. The molecule has 1 heterocycles. The van der Waals surface area contributed by atoms with Crippen LogP contribution in [0.15, 0.2) is 48.7 Å². The number of carbonyl (C=O) groups is 1. The minimum absolute atomic E-state index is 0.0240. The quantitative estimate of drug-likeness (QED) is 0.742. The third kappa shape index (κ3) is 4.14. The van der Waals surface area contributed by atoms with Crippen LogP contribution in [0, 0.1) is 0 Å². The minimum Gasteiger partial charge on any atom is -0.345 e. The minimum atomic E-state index is -0.500. The third-order valence-electron chi connectivity index (χ3n) is 3.70. The summed E-state index contributed by atoms with van der Waals surface area (Å²) in [6.45, 7) is 7.14. The standard InChI is InChI=1S/C18H23ClN2O/c1-14(2)21(18(22)15(3)19)13-17-10-7-11-20(17)12-16-8-5-4-6-9-16/h4-11,14-15H,12-13H2,1-3H3/t15-/m0/s1. The van der Waals surface area contributed by atoms with Gasteiger partial charge in [-0.15, -0.1) is 11.6 Å². The maximum Gasteiger partial charge on any atom is 0.240 e. The predicted molar refractivity (Wildman–Crippen MR) is 91.0 cm³/mol. The number of hydrogen-bond donors (Lipinski definition) is 0. The summed E-state index contributed by atoms with van der Waals surface area (Å²) in [6, 6.07) is 14.5. The molecule has 2 rings (SSSR count). The number of halogens is 1. The molecule has 0 aliphatic rings. The fraction of sp³-hybridized carbons (Fsp3) is 0.389. The van der Waals surface area contributed by atoms with Gasteiger partial charge in [0, 0.05) is 24.5 Å². The highest BCUT2D eigenvalue weighted by atomic mass is 35.5. The van der Waals surface area contributed by atoms with Gasteiger partial charge in [0.05, 0.1) is 6.54 Å². The molecule has 0 saturated heterocycles. The molecule has 1 atom stereocenters. The number of benzene rings is 1. The van der Waals surface area contributed by atoms with Crippen molar-refractivity contribution >= 4 is 17.5 Å². The summed E-state index contributed by atoms with van der Waals surface area (Å²) in [7, 11) is 0. The van der Waals surface area contributed by atoms with E-state index in [4.69, 9.17) is 11.6 Å². The van der Waals surface area contributed by atoms with E-state index >= 15 is 0 Å². The summed E-state index contributed by atoms with van der Waals surface area (Å²) in [6.07, 6.45) is 2.05. The van der Waals surface area contributed by atoms with Crippen molar-refractivity contribution in [2.45, 2.75) is 45.3 Å². The van der Waals surface area contributed by atoms with E-state index in [2.05, 4.69) is 29.0 Å². The molecule has 4 heteroatoms. The van der Waals surface area contributed by atoms with E-state index in [1.54, 1.807) is 6.92 Å². The summed E-state index contributed by atoms with van der Waals surface area (Å²) < 4.78 is 2.18. The Bertz CT molecular complexity index is 605. The molecule has 2 aromatic rings. The highest BCUT2D eigenvalue weighted by Gasteiger charge is 2.22. The molecular weight excluding hydrogens is 296 g/mol. The Morgan fingerprint density at radius 1 is 1.14 bits per heavy atom. The summed E-state index contributed by atoms with van der Waals surface area (Å²) in [4.78, 5) is 14.1. The van der Waals surface area contributed by atoms with Crippen molar-refractivity contribution in [1.29, 1.82) is 0 Å². The predicted octanol–water partition coefficient (Wildman–Crippen LogP) is 3.90. The first-order chi connectivity index (χ1) is 10.5. The van der Waals surface area contributed by atoms with Gasteiger partial charge in [-0.25, -0.2) is 0 Å². The van der Waals surface area contributed by atoms with Crippen LogP contribution in [-0.2, 0) is 17.9 Å². The Morgan fingerprint density at radius 3 is 2.41 bits per heavy atom. The monoisotopic (exact) mass is 318 g/mol. The molecule has 0 aliphatic carbocycles. The Kier molecular flexibility index (Phi) is 5.67. The van der Waals surface area contributed by atoms with Gasteiger partial charge in [0.25, 0.3) is 0 Å². The van der Waals surface area contributed by atoms with E-state index in [-0.39, 0.29) is 11.9 Å². The van der Waals surface area contributed by atoms with E-state index < -0.39 is 5.38 Å². The molecule has 0 spiro atoms. The van der Waals surface area contributed by atoms with Crippen LogP contribution in [0.4, 0.5) is 0 Å². The maximum absolute atomic E-state index is 12.3. The lowest BCUT2D eigenvalue weighted by Gasteiger charge is -2.28. The van der Waals surface area contributed by atoms with Crippen LogP contribution >= 0.6 is 11.6 Å². The summed E-state index contributed by atoms with van der Waals surface area (Å²) in [5, 5.41) is -0.500. The summed E-state index contributed by atoms with van der Waals surface area (Å²) in [5.74, 6) is -0.0240. The highest BCUT2D eigenvalue weighted by molar-refractivity contribution is 6.30. The van der Waals surface area contributed by atoms with Crippen molar-refractivity contribution in [2.75, 3.05) is 0 Å². The SMILES string of the molecule is CC(C)N(Cc1cccn1Cc1ccccc1)C(=O)[C@H](C)Cl. The molecule has 22 heavy (non-hydrogen) atoms. The van der Waals surface area contributed by atoms with Crippen LogP contribution < -0.4 is 0 Å². The molecule has 0 N–H and O–H groups in total. The molecule has 0 saturated carbocycles.